The third kappa shape index (κ3) is 3.95. The van der Waals surface area contributed by atoms with Crippen LogP contribution in [0, 0.1) is 0 Å². The summed E-state index contributed by atoms with van der Waals surface area (Å²) in [5.41, 5.74) is 7.17. The predicted molar refractivity (Wildman–Crippen MR) is 103 cm³/mol. The van der Waals surface area contributed by atoms with E-state index in [0.29, 0.717) is 39.3 Å². The van der Waals surface area contributed by atoms with Crippen molar-refractivity contribution in [1.29, 1.82) is 0 Å². The van der Waals surface area contributed by atoms with E-state index in [1.165, 1.54) is 6.07 Å². The number of phenols is 1. The summed E-state index contributed by atoms with van der Waals surface area (Å²) in [4.78, 5) is 9.10. The lowest BCUT2D eigenvalue weighted by Gasteiger charge is -2.14. The van der Waals surface area contributed by atoms with Crippen molar-refractivity contribution < 1.29 is 5.11 Å². The molecule has 0 unspecified atom stereocenters. The van der Waals surface area contributed by atoms with Crippen LogP contribution in [0.4, 0.5) is 5.82 Å². The molecule has 0 fully saturated rings. The Bertz CT molecular complexity index is 917. The van der Waals surface area contributed by atoms with Gasteiger partial charge in [-0.25, -0.2) is 9.97 Å². The molecule has 0 saturated carbocycles. The standard InChI is InChI=1S/C18H18Cl2N4O/c1-2-12(21)9-22-17-13-7-10(19)3-5-15(13)23-18(24-17)14-8-11(20)4-6-16(14)25/h3-8,12,25H,2,9,21H2,1H3,(H,22,23,24)/t12-/m1/s1. The van der Waals surface area contributed by atoms with Crippen LogP contribution >= 0.6 is 23.2 Å². The van der Waals surface area contributed by atoms with E-state index < -0.39 is 0 Å². The first kappa shape index (κ1) is 17.7. The number of fused-ring (bicyclic) bond motifs is 1. The van der Waals surface area contributed by atoms with Crippen molar-refractivity contribution in [2.75, 3.05) is 11.9 Å². The molecule has 4 N–H and O–H groups in total. The first-order valence-electron chi connectivity index (χ1n) is 7.93. The number of rotatable bonds is 5. The van der Waals surface area contributed by atoms with Crippen LogP contribution in [0.2, 0.25) is 10.0 Å². The highest BCUT2D eigenvalue weighted by molar-refractivity contribution is 6.31. The predicted octanol–water partition coefficient (Wildman–Crippen LogP) is 4.46. The number of phenolic OH excluding ortho intramolecular Hbond substituents is 1. The summed E-state index contributed by atoms with van der Waals surface area (Å²) in [6, 6.07) is 10.2. The van der Waals surface area contributed by atoms with E-state index in [4.69, 9.17) is 28.9 Å². The monoisotopic (exact) mass is 376 g/mol. The van der Waals surface area contributed by atoms with Gasteiger partial charge in [0.2, 0.25) is 0 Å². The molecule has 0 bridgehead atoms. The molecule has 0 saturated heterocycles. The van der Waals surface area contributed by atoms with Gasteiger partial charge in [0.05, 0.1) is 11.1 Å². The summed E-state index contributed by atoms with van der Waals surface area (Å²) in [5.74, 6) is 1.06. The zero-order valence-electron chi connectivity index (χ0n) is 13.6. The molecule has 0 spiro atoms. The fourth-order valence-electron chi connectivity index (χ4n) is 2.42. The lowest BCUT2D eigenvalue weighted by molar-refractivity contribution is 0.477. The molecule has 25 heavy (non-hydrogen) atoms. The molecule has 2 aromatic carbocycles. The highest BCUT2D eigenvalue weighted by atomic mass is 35.5. The van der Waals surface area contributed by atoms with E-state index in [1.807, 2.05) is 13.0 Å². The maximum absolute atomic E-state index is 10.2. The second-order valence-corrected chi connectivity index (χ2v) is 6.64. The molecule has 0 aliphatic heterocycles. The van der Waals surface area contributed by atoms with Crippen molar-refractivity contribution in [3.63, 3.8) is 0 Å². The van der Waals surface area contributed by atoms with Crippen LogP contribution in [-0.2, 0) is 0 Å². The number of aromatic nitrogens is 2. The topological polar surface area (TPSA) is 84.1 Å². The average Bonchev–Trinajstić information content (AvgIpc) is 2.61. The molecule has 5 nitrogen and oxygen atoms in total. The molecule has 130 valence electrons. The summed E-state index contributed by atoms with van der Waals surface area (Å²) < 4.78 is 0. The fourth-order valence-corrected chi connectivity index (χ4v) is 2.76. The quantitative estimate of drug-likeness (QED) is 0.612. The second kappa shape index (κ2) is 7.44. The van der Waals surface area contributed by atoms with E-state index in [2.05, 4.69) is 15.3 Å². The fraction of sp³-hybridized carbons (Fsp3) is 0.222. The van der Waals surface area contributed by atoms with Crippen molar-refractivity contribution in [3.05, 3.63) is 46.4 Å². The largest absolute Gasteiger partial charge is 0.507 e. The molecule has 1 atom stereocenters. The Kier molecular flexibility index (Phi) is 5.27. The van der Waals surface area contributed by atoms with E-state index in [-0.39, 0.29) is 11.8 Å². The van der Waals surface area contributed by atoms with Gasteiger partial charge >= 0.3 is 0 Å². The number of halogens is 2. The minimum atomic E-state index is 0.00669. The highest BCUT2D eigenvalue weighted by Crippen LogP contribution is 2.33. The van der Waals surface area contributed by atoms with Gasteiger partial charge in [-0.2, -0.15) is 0 Å². The molecule has 0 aliphatic carbocycles. The van der Waals surface area contributed by atoms with Crippen LogP contribution in [-0.4, -0.2) is 27.7 Å². The molecule has 0 amide bonds. The van der Waals surface area contributed by atoms with E-state index >= 15 is 0 Å². The number of aromatic hydroxyl groups is 1. The minimum Gasteiger partial charge on any atom is -0.507 e. The van der Waals surface area contributed by atoms with Crippen LogP contribution in [0.3, 0.4) is 0 Å². The molecule has 7 heteroatoms. The van der Waals surface area contributed by atoms with Crippen LogP contribution in [0.25, 0.3) is 22.3 Å². The maximum atomic E-state index is 10.2. The number of anilines is 1. The van der Waals surface area contributed by atoms with Gasteiger partial charge in [-0.1, -0.05) is 30.1 Å². The highest BCUT2D eigenvalue weighted by Gasteiger charge is 2.14. The summed E-state index contributed by atoms with van der Waals surface area (Å²) in [6.07, 6.45) is 0.846. The number of nitrogens with one attached hydrogen (secondary N) is 1. The first-order chi connectivity index (χ1) is 12.0. The molecule has 0 aliphatic rings. The number of benzene rings is 2. The lowest BCUT2D eigenvalue weighted by atomic mass is 10.1. The van der Waals surface area contributed by atoms with Crippen LogP contribution in [0.15, 0.2) is 36.4 Å². The zero-order chi connectivity index (χ0) is 18.0. The number of hydrogen-bond donors (Lipinski definition) is 3. The molecule has 3 rings (SSSR count). The Hall–Kier alpha value is -2.08. The van der Waals surface area contributed by atoms with Gasteiger partial charge in [0.1, 0.15) is 11.6 Å². The van der Waals surface area contributed by atoms with Crippen molar-refractivity contribution in [3.8, 4) is 17.1 Å². The number of nitrogens with two attached hydrogens (primary N) is 1. The van der Waals surface area contributed by atoms with E-state index in [9.17, 15) is 5.11 Å². The van der Waals surface area contributed by atoms with Gasteiger partial charge in [0.15, 0.2) is 5.82 Å². The molecule has 1 aromatic heterocycles. The average molecular weight is 377 g/mol. The maximum Gasteiger partial charge on any atom is 0.165 e. The van der Waals surface area contributed by atoms with Crippen molar-refractivity contribution in [1.82, 2.24) is 9.97 Å². The van der Waals surface area contributed by atoms with Gasteiger partial charge in [0.25, 0.3) is 0 Å². The van der Waals surface area contributed by atoms with Crippen molar-refractivity contribution >= 4 is 39.9 Å². The smallest absolute Gasteiger partial charge is 0.165 e. The lowest BCUT2D eigenvalue weighted by Crippen LogP contribution is -2.28. The molecule has 0 radical (unpaired) electrons. The molecular weight excluding hydrogens is 359 g/mol. The molecular formula is C18H18Cl2N4O. The van der Waals surface area contributed by atoms with Crippen LogP contribution < -0.4 is 11.1 Å². The van der Waals surface area contributed by atoms with Gasteiger partial charge in [-0.15, -0.1) is 0 Å². The second-order valence-electron chi connectivity index (χ2n) is 5.77. The van der Waals surface area contributed by atoms with Crippen LogP contribution in [0.5, 0.6) is 5.75 Å². The third-order valence-corrected chi connectivity index (χ3v) is 4.38. The Morgan fingerprint density at radius 3 is 2.60 bits per heavy atom. The van der Waals surface area contributed by atoms with Gasteiger partial charge < -0.3 is 16.2 Å². The van der Waals surface area contributed by atoms with Gasteiger partial charge in [0, 0.05) is 28.0 Å². The third-order valence-electron chi connectivity index (χ3n) is 3.91. The number of nitrogens with zero attached hydrogens (tertiary/aromatic N) is 2. The Labute approximate surface area is 155 Å². The van der Waals surface area contributed by atoms with Crippen molar-refractivity contribution in [2.45, 2.75) is 19.4 Å². The summed E-state index contributed by atoms with van der Waals surface area (Å²) in [6.45, 7) is 2.59. The normalized spacial score (nSPS) is 12.3. The van der Waals surface area contributed by atoms with Crippen molar-refractivity contribution in [2.24, 2.45) is 5.73 Å². The summed E-state index contributed by atoms with van der Waals surface area (Å²) in [7, 11) is 0. The minimum absolute atomic E-state index is 0.00669. The van der Waals surface area contributed by atoms with E-state index in [0.717, 1.165) is 11.8 Å². The Balaban J connectivity index is 2.14. The zero-order valence-corrected chi connectivity index (χ0v) is 15.1. The Morgan fingerprint density at radius 1 is 1.12 bits per heavy atom. The molecule has 1 heterocycles. The van der Waals surface area contributed by atoms with Gasteiger partial charge in [-0.3, -0.25) is 0 Å². The van der Waals surface area contributed by atoms with Gasteiger partial charge in [-0.05, 0) is 42.8 Å². The summed E-state index contributed by atoms with van der Waals surface area (Å²) in [5, 5.41) is 15.3. The van der Waals surface area contributed by atoms with E-state index in [1.54, 1.807) is 24.3 Å². The SMILES string of the molecule is CC[C@@H](N)CNc1nc(-c2cc(Cl)ccc2O)nc2ccc(Cl)cc12. The molecule has 3 aromatic rings. The van der Waals surface area contributed by atoms with Crippen LogP contribution in [0.1, 0.15) is 13.3 Å². The first-order valence-corrected chi connectivity index (χ1v) is 8.69. The summed E-state index contributed by atoms with van der Waals surface area (Å²) >= 11 is 12.2. The number of hydrogen-bond acceptors (Lipinski definition) is 5. The Morgan fingerprint density at radius 2 is 1.84 bits per heavy atom.